The highest BCUT2D eigenvalue weighted by atomic mass is 16.1. The summed E-state index contributed by atoms with van der Waals surface area (Å²) in [6, 6.07) is 7.65. The van der Waals surface area contributed by atoms with E-state index in [1.165, 1.54) is 18.4 Å². The summed E-state index contributed by atoms with van der Waals surface area (Å²) in [6.07, 6.45) is 3.40. The van der Waals surface area contributed by atoms with E-state index in [0.29, 0.717) is 11.6 Å². The van der Waals surface area contributed by atoms with Gasteiger partial charge in [-0.05, 0) is 44.9 Å². The van der Waals surface area contributed by atoms with Crippen molar-refractivity contribution in [3.05, 3.63) is 46.8 Å². The molecule has 128 valence electrons. The van der Waals surface area contributed by atoms with Crippen molar-refractivity contribution >= 4 is 17.5 Å². The molecule has 2 aromatic rings. The van der Waals surface area contributed by atoms with Crippen LogP contribution in [0.25, 0.3) is 0 Å². The summed E-state index contributed by atoms with van der Waals surface area (Å²) in [4.78, 5) is 21.2. The average molecular weight is 326 g/mol. The Morgan fingerprint density at radius 3 is 2.58 bits per heavy atom. The molecule has 2 rings (SSSR count). The van der Waals surface area contributed by atoms with E-state index in [-0.39, 0.29) is 5.91 Å². The van der Waals surface area contributed by atoms with Gasteiger partial charge < -0.3 is 10.6 Å². The third-order valence-corrected chi connectivity index (χ3v) is 3.78. The summed E-state index contributed by atoms with van der Waals surface area (Å²) in [6.45, 7) is 8.86. The van der Waals surface area contributed by atoms with Crippen molar-refractivity contribution in [1.29, 1.82) is 0 Å². The number of nitrogens with one attached hydrogen (secondary N) is 2. The highest BCUT2D eigenvalue weighted by Crippen LogP contribution is 2.17. The van der Waals surface area contributed by atoms with E-state index in [2.05, 4.69) is 27.5 Å². The molecule has 5 nitrogen and oxygen atoms in total. The van der Waals surface area contributed by atoms with Crippen LogP contribution in [0.5, 0.6) is 0 Å². The Hall–Kier alpha value is -2.43. The van der Waals surface area contributed by atoms with Crippen molar-refractivity contribution in [2.24, 2.45) is 0 Å². The molecule has 0 fully saturated rings. The maximum absolute atomic E-state index is 12.5. The number of carbonyl (C=O) groups excluding carboxylic acids is 1. The van der Waals surface area contributed by atoms with Gasteiger partial charge in [0.2, 0.25) is 5.95 Å². The summed E-state index contributed by atoms with van der Waals surface area (Å²) in [7, 11) is 0. The van der Waals surface area contributed by atoms with Crippen LogP contribution >= 0.6 is 0 Å². The van der Waals surface area contributed by atoms with Gasteiger partial charge in [0.15, 0.2) is 0 Å². The van der Waals surface area contributed by atoms with E-state index in [0.717, 1.165) is 29.9 Å². The molecule has 0 saturated heterocycles. The fourth-order valence-corrected chi connectivity index (χ4v) is 2.48. The van der Waals surface area contributed by atoms with Gasteiger partial charge >= 0.3 is 0 Å². The molecule has 0 bridgehead atoms. The Balaban J connectivity index is 2.09. The van der Waals surface area contributed by atoms with Gasteiger partial charge in [-0.25, -0.2) is 9.97 Å². The zero-order chi connectivity index (χ0) is 17.5. The summed E-state index contributed by atoms with van der Waals surface area (Å²) in [5, 5.41) is 6.12. The predicted octanol–water partition coefficient (Wildman–Crippen LogP) is 4.26. The first-order valence-corrected chi connectivity index (χ1v) is 8.47. The number of hydrogen-bond donors (Lipinski definition) is 2. The first-order valence-electron chi connectivity index (χ1n) is 8.47. The Morgan fingerprint density at radius 2 is 1.88 bits per heavy atom. The first-order chi connectivity index (χ1) is 11.5. The van der Waals surface area contributed by atoms with Crippen molar-refractivity contribution in [3.63, 3.8) is 0 Å². The normalized spacial score (nSPS) is 10.5. The molecule has 0 spiro atoms. The van der Waals surface area contributed by atoms with Gasteiger partial charge in [0.05, 0.1) is 0 Å². The molecule has 1 aromatic heterocycles. The number of nitrogens with zero attached hydrogens (tertiary/aromatic N) is 2. The molecule has 1 amide bonds. The number of aryl methyl sites for hydroxylation is 3. The van der Waals surface area contributed by atoms with E-state index in [1.54, 1.807) is 6.07 Å². The maximum Gasteiger partial charge on any atom is 0.274 e. The van der Waals surface area contributed by atoms with Crippen molar-refractivity contribution in [3.8, 4) is 0 Å². The molecule has 2 N–H and O–H groups in total. The molecule has 0 saturated carbocycles. The molecule has 1 heterocycles. The lowest BCUT2D eigenvalue weighted by Crippen LogP contribution is -2.17. The predicted molar refractivity (Wildman–Crippen MR) is 98.7 cm³/mol. The van der Waals surface area contributed by atoms with Crippen LogP contribution in [0, 0.1) is 20.8 Å². The fraction of sp³-hybridized carbons (Fsp3) is 0.421. The van der Waals surface area contributed by atoms with Gasteiger partial charge in [0.1, 0.15) is 5.69 Å². The minimum atomic E-state index is -0.218. The average Bonchev–Trinajstić information content (AvgIpc) is 2.53. The molecule has 0 radical (unpaired) electrons. The summed E-state index contributed by atoms with van der Waals surface area (Å²) in [5.74, 6) is 0.293. The molecule has 0 aliphatic carbocycles. The van der Waals surface area contributed by atoms with Gasteiger partial charge in [0.25, 0.3) is 5.91 Å². The van der Waals surface area contributed by atoms with Crippen molar-refractivity contribution in [1.82, 2.24) is 9.97 Å². The molecular formula is C19H26N4O. The van der Waals surface area contributed by atoms with Gasteiger partial charge in [-0.3, -0.25) is 4.79 Å². The van der Waals surface area contributed by atoms with Gasteiger partial charge in [0, 0.05) is 17.9 Å². The lowest BCUT2D eigenvalue weighted by Gasteiger charge is -2.10. The monoisotopic (exact) mass is 326 g/mol. The van der Waals surface area contributed by atoms with E-state index in [1.807, 2.05) is 39.0 Å². The van der Waals surface area contributed by atoms with Gasteiger partial charge in [-0.15, -0.1) is 0 Å². The SMILES string of the molecule is CCCCCNc1nc(C)cc(C(=O)Nc2ccc(C)cc2C)n1. The molecule has 24 heavy (non-hydrogen) atoms. The molecule has 0 unspecified atom stereocenters. The largest absolute Gasteiger partial charge is 0.354 e. The van der Waals surface area contributed by atoms with Crippen molar-refractivity contribution in [2.75, 3.05) is 17.2 Å². The van der Waals surface area contributed by atoms with Crippen LogP contribution < -0.4 is 10.6 Å². The number of aromatic nitrogens is 2. The quantitative estimate of drug-likeness (QED) is 0.746. The molecule has 1 aromatic carbocycles. The lowest BCUT2D eigenvalue weighted by molar-refractivity contribution is 0.102. The molecule has 0 atom stereocenters. The number of carbonyl (C=O) groups is 1. The van der Waals surface area contributed by atoms with Gasteiger partial charge in [-0.1, -0.05) is 37.5 Å². The van der Waals surface area contributed by atoms with Crippen molar-refractivity contribution in [2.45, 2.75) is 47.0 Å². The van der Waals surface area contributed by atoms with E-state index in [9.17, 15) is 4.79 Å². The number of rotatable bonds is 7. The van der Waals surface area contributed by atoms with Crippen LogP contribution in [0.3, 0.4) is 0 Å². The minimum absolute atomic E-state index is 0.218. The number of unbranched alkanes of at least 4 members (excludes halogenated alkanes) is 2. The van der Waals surface area contributed by atoms with E-state index < -0.39 is 0 Å². The topological polar surface area (TPSA) is 66.9 Å². The van der Waals surface area contributed by atoms with E-state index >= 15 is 0 Å². The highest BCUT2D eigenvalue weighted by Gasteiger charge is 2.12. The van der Waals surface area contributed by atoms with Crippen LogP contribution in [0.4, 0.5) is 11.6 Å². The second-order valence-electron chi connectivity index (χ2n) is 6.12. The van der Waals surface area contributed by atoms with Crippen molar-refractivity contribution < 1.29 is 4.79 Å². The standard InChI is InChI=1S/C19H26N4O/c1-5-6-7-10-20-19-21-15(4)12-17(23-19)18(24)22-16-9-8-13(2)11-14(16)3/h8-9,11-12H,5-7,10H2,1-4H3,(H,22,24)(H,20,21,23). The Bertz CT molecular complexity index is 713. The van der Waals surface area contributed by atoms with E-state index in [4.69, 9.17) is 0 Å². The number of anilines is 2. The Kier molecular flexibility index (Phi) is 6.29. The number of amides is 1. The Labute approximate surface area is 143 Å². The fourth-order valence-electron chi connectivity index (χ4n) is 2.48. The zero-order valence-corrected chi connectivity index (χ0v) is 14.9. The third kappa shape index (κ3) is 5.05. The summed E-state index contributed by atoms with van der Waals surface area (Å²) < 4.78 is 0. The Morgan fingerprint density at radius 1 is 1.08 bits per heavy atom. The zero-order valence-electron chi connectivity index (χ0n) is 14.9. The third-order valence-electron chi connectivity index (χ3n) is 3.78. The second-order valence-corrected chi connectivity index (χ2v) is 6.12. The molecule has 5 heteroatoms. The molecule has 0 aliphatic heterocycles. The van der Waals surface area contributed by atoms with Crippen LogP contribution in [-0.2, 0) is 0 Å². The summed E-state index contributed by atoms with van der Waals surface area (Å²) in [5.41, 5.74) is 4.16. The maximum atomic E-state index is 12.5. The number of hydrogen-bond acceptors (Lipinski definition) is 4. The molecular weight excluding hydrogens is 300 g/mol. The first kappa shape index (κ1) is 17.9. The lowest BCUT2D eigenvalue weighted by atomic mass is 10.1. The smallest absolute Gasteiger partial charge is 0.274 e. The second kappa shape index (κ2) is 8.43. The molecule has 0 aliphatic rings. The van der Waals surface area contributed by atoms with Gasteiger partial charge in [-0.2, -0.15) is 0 Å². The minimum Gasteiger partial charge on any atom is -0.354 e. The van der Waals surface area contributed by atoms with Crippen LogP contribution in [0.1, 0.15) is 53.5 Å². The van der Waals surface area contributed by atoms with Crippen LogP contribution in [0.15, 0.2) is 24.3 Å². The van der Waals surface area contributed by atoms with Crippen LogP contribution in [0.2, 0.25) is 0 Å². The van der Waals surface area contributed by atoms with Crippen LogP contribution in [-0.4, -0.2) is 22.4 Å². The number of benzene rings is 1. The highest BCUT2D eigenvalue weighted by molar-refractivity contribution is 6.03. The summed E-state index contributed by atoms with van der Waals surface area (Å²) >= 11 is 0.